The van der Waals surface area contributed by atoms with Crippen molar-refractivity contribution in [2.45, 2.75) is 122 Å². The van der Waals surface area contributed by atoms with Gasteiger partial charge in [-0.1, -0.05) is 116 Å². The number of aromatic hydroxyl groups is 1. The third-order valence-corrected chi connectivity index (χ3v) is 5.93. The van der Waals surface area contributed by atoms with Gasteiger partial charge in [-0.2, -0.15) is 0 Å². The predicted molar refractivity (Wildman–Crippen MR) is 131 cm³/mol. The van der Waals surface area contributed by atoms with Crippen molar-refractivity contribution in [3.63, 3.8) is 0 Å². The van der Waals surface area contributed by atoms with E-state index in [2.05, 4.69) is 17.4 Å². The third-order valence-electron chi connectivity index (χ3n) is 5.93. The summed E-state index contributed by atoms with van der Waals surface area (Å²) in [6, 6.07) is 4.89. The molecular weight excluding hydrogens is 372 g/mol. The van der Waals surface area contributed by atoms with Crippen LogP contribution in [0.15, 0.2) is 23.4 Å². The normalized spacial score (nSPS) is 11.0. The zero-order valence-corrected chi connectivity index (χ0v) is 19.5. The quantitative estimate of drug-likeness (QED) is 0.154. The fourth-order valence-corrected chi connectivity index (χ4v) is 3.97. The van der Waals surface area contributed by atoms with E-state index in [4.69, 9.17) is 0 Å². The molecule has 0 aliphatic carbocycles. The Morgan fingerprint density at radius 3 is 1.53 bits per heavy atom. The summed E-state index contributed by atoms with van der Waals surface area (Å²) in [5.74, 6) is -0.0622. The number of phenols is 1. The molecule has 0 atom stereocenters. The van der Waals surface area contributed by atoms with Gasteiger partial charge in [-0.05, 0) is 23.7 Å². The first-order valence-corrected chi connectivity index (χ1v) is 12.7. The van der Waals surface area contributed by atoms with Gasteiger partial charge in [0, 0.05) is 18.3 Å². The van der Waals surface area contributed by atoms with Gasteiger partial charge in [0.25, 0.3) is 0 Å². The number of nitrogens with one attached hydrogen (secondary N) is 1. The predicted octanol–water partition coefficient (Wildman–Crippen LogP) is 9.24. The maximum atomic E-state index is 10.5. The summed E-state index contributed by atoms with van der Waals surface area (Å²) >= 11 is 0. The molecule has 0 aliphatic heterocycles. The monoisotopic (exact) mass is 418 g/mol. The first kappa shape index (κ1) is 26.5. The summed E-state index contributed by atoms with van der Waals surface area (Å²) < 4.78 is 0. The van der Waals surface area contributed by atoms with Crippen LogP contribution in [0.1, 0.15) is 122 Å². The van der Waals surface area contributed by atoms with Crippen LogP contribution in [0.3, 0.4) is 0 Å². The van der Waals surface area contributed by atoms with Gasteiger partial charge in [-0.15, -0.1) is 4.91 Å². The molecule has 0 unspecified atom stereocenters. The number of rotatable bonds is 21. The largest absolute Gasteiger partial charge is 0.505 e. The molecule has 0 saturated heterocycles. The van der Waals surface area contributed by atoms with E-state index >= 15 is 0 Å². The van der Waals surface area contributed by atoms with E-state index in [0.717, 1.165) is 18.7 Å². The minimum Gasteiger partial charge on any atom is -0.505 e. The van der Waals surface area contributed by atoms with Crippen molar-refractivity contribution in [3.05, 3.63) is 23.1 Å². The first-order valence-electron chi connectivity index (χ1n) is 12.7. The molecule has 4 heteroatoms. The highest BCUT2D eigenvalue weighted by Gasteiger charge is 2.02. The molecule has 0 spiro atoms. The molecule has 1 aromatic rings. The second-order valence-electron chi connectivity index (χ2n) is 8.73. The van der Waals surface area contributed by atoms with Crippen molar-refractivity contribution in [1.82, 2.24) is 0 Å². The van der Waals surface area contributed by atoms with Crippen LogP contribution in [0.2, 0.25) is 0 Å². The Kier molecular flexibility index (Phi) is 17.1. The Labute approximate surface area is 185 Å². The highest BCUT2D eigenvalue weighted by molar-refractivity contribution is 5.60. The summed E-state index contributed by atoms with van der Waals surface area (Å²) in [4.78, 5) is 10.5. The van der Waals surface area contributed by atoms with E-state index < -0.39 is 0 Å². The molecule has 4 nitrogen and oxygen atoms in total. The van der Waals surface area contributed by atoms with Crippen LogP contribution < -0.4 is 5.32 Å². The number of nitrogens with zero attached hydrogens (tertiary/aromatic N) is 1. The number of benzene rings is 1. The lowest BCUT2D eigenvalue weighted by molar-refractivity contribution is 0.477. The Morgan fingerprint density at radius 1 is 0.700 bits per heavy atom. The highest BCUT2D eigenvalue weighted by atomic mass is 16.3. The van der Waals surface area contributed by atoms with Crippen molar-refractivity contribution >= 4 is 11.4 Å². The Balaban J connectivity index is 1.77. The van der Waals surface area contributed by atoms with Crippen LogP contribution >= 0.6 is 0 Å². The summed E-state index contributed by atoms with van der Waals surface area (Å²) in [5.41, 5.74) is 0.931. The fraction of sp³-hybridized carbons (Fsp3) is 0.769. The van der Waals surface area contributed by atoms with Gasteiger partial charge >= 0.3 is 0 Å². The van der Waals surface area contributed by atoms with Crippen LogP contribution in [-0.4, -0.2) is 11.7 Å². The zero-order valence-electron chi connectivity index (χ0n) is 19.5. The highest BCUT2D eigenvalue weighted by Crippen LogP contribution is 2.28. The van der Waals surface area contributed by atoms with Gasteiger partial charge in [-0.3, -0.25) is 0 Å². The van der Waals surface area contributed by atoms with Crippen LogP contribution in [-0.2, 0) is 0 Å². The molecule has 2 N–H and O–H groups in total. The molecule has 30 heavy (non-hydrogen) atoms. The standard InChI is InChI=1S/C26H46N2O2/c1-2-3-4-5-6-7-8-9-10-11-12-13-14-15-16-17-18-19-22-27-24-20-21-25(28-30)26(29)23-24/h20-21,23,27,29H,2-19,22H2,1H3. The topological polar surface area (TPSA) is 61.7 Å². The number of nitroso groups, excluding NO2 is 1. The zero-order chi connectivity index (χ0) is 21.7. The minimum absolute atomic E-state index is 0.0622. The van der Waals surface area contributed by atoms with Crippen LogP contribution in [0.5, 0.6) is 5.75 Å². The molecule has 0 aromatic heterocycles. The second kappa shape index (κ2) is 19.4. The molecule has 0 bridgehead atoms. The lowest BCUT2D eigenvalue weighted by Crippen LogP contribution is -2.01. The van der Waals surface area contributed by atoms with Crippen molar-refractivity contribution < 1.29 is 5.11 Å². The molecule has 0 saturated carbocycles. The van der Waals surface area contributed by atoms with Gasteiger partial charge in [0.15, 0.2) is 0 Å². The summed E-state index contributed by atoms with van der Waals surface area (Å²) in [5, 5.41) is 15.7. The summed E-state index contributed by atoms with van der Waals surface area (Å²) in [6.07, 6.45) is 24.9. The number of hydrogen-bond acceptors (Lipinski definition) is 4. The van der Waals surface area contributed by atoms with Gasteiger partial charge in [-0.25, -0.2) is 0 Å². The van der Waals surface area contributed by atoms with Gasteiger partial charge < -0.3 is 10.4 Å². The van der Waals surface area contributed by atoms with Crippen LogP contribution in [0, 0.1) is 4.91 Å². The molecule has 0 aliphatic rings. The minimum atomic E-state index is -0.0622. The molecular formula is C26H46N2O2. The molecule has 1 aromatic carbocycles. The van der Waals surface area contributed by atoms with E-state index in [-0.39, 0.29) is 11.4 Å². The van der Waals surface area contributed by atoms with Crippen LogP contribution in [0.4, 0.5) is 11.4 Å². The van der Waals surface area contributed by atoms with E-state index in [1.807, 2.05) is 0 Å². The van der Waals surface area contributed by atoms with Crippen LogP contribution in [0.25, 0.3) is 0 Å². The number of phenolic OH excluding ortho intramolecular Hbond substituents is 1. The lowest BCUT2D eigenvalue weighted by atomic mass is 10.0. The molecule has 0 heterocycles. The summed E-state index contributed by atoms with van der Waals surface area (Å²) in [6.45, 7) is 3.18. The van der Waals surface area contributed by atoms with Gasteiger partial charge in [0.2, 0.25) is 0 Å². The van der Waals surface area contributed by atoms with E-state index in [1.165, 1.54) is 109 Å². The average Bonchev–Trinajstić information content (AvgIpc) is 2.75. The molecule has 0 radical (unpaired) electrons. The van der Waals surface area contributed by atoms with Crippen molar-refractivity contribution in [1.29, 1.82) is 0 Å². The smallest absolute Gasteiger partial charge is 0.149 e. The molecule has 1 rings (SSSR count). The van der Waals surface area contributed by atoms with Gasteiger partial charge in [0.1, 0.15) is 11.4 Å². The number of anilines is 1. The van der Waals surface area contributed by atoms with E-state index in [1.54, 1.807) is 18.2 Å². The SMILES string of the molecule is CCCCCCCCCCCCCCCCCCCCNc1ccc(N=O)c(O)c1. The lowest BCUT2D eigenvalue weighted by Gasteiger charge is -2.07. The average molecular weight is 419 g/mol. The van der Waals surface area contributed by atoms with E-state index in [9.17, 15) is 10.0 Å². The molecule has 172 valence electrons. The third kappa shape index (κ3) is 14.4. The second-order valence-corrected chi connectivity index (χ2v) is 8.73. The molecule has 0 amide bonds. The van der Waals surface area contributed by atoms with Crippen molar-refractivity contribution in [2.75, 3.05) is 11.9 Å². The van der Waals surface area contributed by atoms with E-state index in [0.29, 0.717) is 0 Å². The Hall–Kier alpha value is -1.58. The Morgan fingerprint density at radius 2 is 1.13 bits per heavy atom. The van der Waals surface area contributed by atoms with Crippen molar-refractivity contribution in [3.8, 4) is 5.75 Å². The number of unbranched alkanes of at least 4 members (excludes halogenated alkanes) is 17. The maximum Gasteiger partial charge on any atom is 0.149 e. The Bertz CT molecular complexity index is 534. The maximum absolute atomic E-state index is 10.5. The number of hydrogen-bond donors (Lipinski definition) is 2. The molecule has 0 fully saturated rings. The summed E-state index contributed by atoms with van der Waals surface area (Å²) in [7, 11) is 0. The first-order chi connectivity index (χ1) is 14.8. The van der Waals surface area contributed by atoms with Gasteiger partial charge in [0.05, 0.1) is 0 Å². The van der Waals surface area contributed by atoms with Crippen molar-refractivity contribution in [2.24, 2.45) is 5.18 Å². The fourth-order valence-electron chi connectivity index (χ4n) is 3.97.